The highest BCUT2D eigenvalue weighted by molar-refractivity contribution is 7.92. The van der Waals surface area contributed by atoms with Crippen molar-refractivity contribution in [3.05, 3.63) is 142 Å². The van der Waals surface area contributed by atoms with Gasteiger partial charge in [-0.3, -0.25) is 0 Å². The molecule has 1 unspecified atom stereocenters. The largest absolute Gasteiger partial charge is 0.477 e. The zero-order valence-corrected chi connectivity index (χ0v) is 28.1. The van der Waals surface area contributed by atoms with Crippen LogP contribution in [-0.2, 0) is 47.7 Å². The number of fused-ring (bicyclic) bond motifs is 3. The van der Waals surface area contributed by atoms with Crippen LogP contribution >= 0.6 is 0 Å². The van der Waals surface area contributed by atoms with E-state index < -0.39 is 21.5 Å². The summed E-state index contributed by atoms with van der Waals surface area (Å²) in [7, 11) is -3.86. The maximum absolute atomic E-state index is 15.9. The number of amides is 2. The summed E-state index contributed by atoms with van der Waals surface area (Å²) >= 11 is 0. The first-order valence-corrected chi connectivity index (χ1v) is 18.5. The first-order valence-electron chi connectivity index (χ1n) is 16.9. The first-order chi connectivity index (χ1) is 23.9. The molecule has 0 radical (unpaired) electrons. The van der Waals surface area contributed by atoms with Gasteiger partial charge >= 0.3 is 6.03 Å². The highest BCUT2D eigenvalue weighted by atomic mass is 32.2. The van der Waals surface area contributed by atoms with E-state index in [-0.39, 0.29) is 16.6 Å². The molecule has 0 bridgehead atoms. The monoisotopic (exact) mass is 675 g/mol. The number of rotatable bonds is 7. The van der Waals surface area contributed by atoms with Crippen LogP contribution in [0.15, 0.2) is 106 Å². The van der Waals surface area contributed by atoms with E-state index in [1.54, 1.807) is 4.68 Å². The van der Waals surface area contributed by atoms with Gasteiger partial charge in [-0.25, -0.2) is 22.8 Å². The van der Waals surface area contributed by atoms with Gasteiger partial charge in [0.1, 0.15) is 16.3 Å². The lowest BCUT2D eigenvalue weighted by Crippen LogP contribution is -2.38. The van der Waals surface area contributed by atoms with E-state index in [1.807, 2.05) is 91.0 Å². The van der Waals surface area contributed by atoms with E-state index >= 15 is 8.60 Å². The third-order valence-corrected chi connectivity index (χ3v) is 11.8. The summed E-state index contributed by atoms with van der Waals surface area (Å²) in [5, 5.41) is 7.61. The highest BCUT2D eigenvalue weighted by Gasteiger charge is 2.41. The number of carbonyl (C=O) groups excluding carboxylic acids is 1. The van der Waals surface area contributed by atoms with Gasteiger partial charge in [0.15, 0.2) is 9.92 Å². The van der Waals surface area contributed by atoms with Crippen molar-refractivity contribution in [2.75, 3.05) is 11.9 Å². The number of hydrogen-bond donors (Lipinski definition) is 2. The third-order valence-electron chi connectivity index (χ3n) is 9.93. The van der Waals surface area contributed by atoms with Gasteiger partial charge in [-0.05, 0) is 77.5 Å². The molecule has 49 heavy (non-hydrogen) atoms. The SMILES string of the molecule is C[C@@H]1COc2c(S(=O)(=NC(c3ccccc3)(c3ccccc3)c3ccccc3)NC(=O)Nc3c4c(c(F)c5c3CCC5)CCC4)cnn2C1. The first kappa shape index (κ1) is 31.3. The minimum atomic E-state index is -3.86. The van der Waals surface area contributed by atoms with Crippen LogP contribution in [-0.4, -0.2) is 26.6 Å². The molecule has 8 rings (SSSR count). The molecule has 0 spiro atoms. The van der Waals surface area contributed by atoms with E-state index in [9.17, 15) is 4.79 Å². The Hall–Kier alpha value is -4.96. The molecule has 10 heteroatoms. The number of nitrogens with one attached hydrogen (secondary N) is 2. The summed E-state index contributed by atoms with van der Waals surface area (Å²) in [6, 6.07) is 28.4. The van der Waals surface area contributed by atoms with Gasteiger partial charge in [-0.15, -0.1) is 0 Å². The normalized spacial score (nSPS) is 17.6. The number of ether oxygens (including phenoxy) is 1. The Bertz CT molecular complexity index is 2030. The molecule has 5 aromatic rings. The Morgan fingerprint density at radius 2 is 1.37 bits per heavy atom. The van der Waals surface area contributed by atoms with Crippen molar-refractivity contribution in [1.29, 1.82) is 0 Å². The van der Waals surface area contributed by atoms with Crippen molar-refractivity contribution >= 4 is 21.6 Å². The molecule has 2 aliphatic carbocycles. The van der Waals surface area contributed by atoms with Gasteiger partial charge in [0, 0.05) is 11.6 Å². The quantitative estimate of drug-likeness (QED) is 0.174. The molecule has 2 heterocycles. The highest BCUT2D eigenvalue weighted by Crippen LogP contribution is 2.44. The standard InChI is InChI=1S/C39H38FN5O3S/c1-26-24-45-37(48-25-26)34(23-41-45)49(47,43-38(46)42-36-32-21-11-19-30(32)35(40)31-20-12-22-33(31)36)44-39(27-13-5-2-6-14-27,28-15-7-3-8-16-28)29-17-9-4-10-18-29/h2-10,13-18,23,26H,11-12,19-22,24-25H2,1H3,(H2,42,43,44,46,47)/t26-,49?/m0/s1. The Kier molecular flexibility index (Phi) is 7.98. The second-order valence-corrected chi connectivity index (χ2v) is 15.1. The van der Waals surface area contributed by atoms with Gasteiger partial charge < -0.3 is 10.1 Å². The minimum Gasteiger partial charge on any atom is -0.477 e. The topological polar surface area (TPSA) is 97.6 Å². The zero-order valence-electron chi connectivity index (χ0n) is 27.3. The summed E-state index contributed by atoms with van der Waals surface area (Å²) in [5.74, 6) is 0.393. The van der Waals surface area contributed by atoms with Crippen molar-refractivity contribution in [1.82, 2.24) is 14.5 Å². The van der Waals surface area contributed by atoms with Crippen LogP contribution < -0.4 is 14.8 Å². The molecule has 250 valence electrons. The lowest BCUT2D eigenvalue weighted by molar-refractivity contribution is 0.170. The van der Waals surface area contributed by atoms with Gasteiger partial charge in [-0.1, -0.05) is 97.9 Å². The average molecular weight is 676 g/mol. The summed E-state index contributed by atoms with van der Waals surface area (Å²) in [6.07, 6.45) is 5.78. The molecule has 0 saturated heterocycles. The van der Waals surface area contributed by atoms with Gasteiger partial charge in [0.05, 0.1) is 19.3 Å². The molecular formula is C39H38FN5O3S. The maximum atomic E-state index is 15.9. The molecule has 0 saturated carbocycles. The van der Waals surface area contributed by atoms with Crippen LogP contribution in [0.1, 0.15) is 58.7 Å². The lowest BCUT2D eigenvalue weighted by atomic mass is 9.78. The van der Waals surface area contributed by atoms with Crippen LogP contribution in [0.25, 0.3) is 0 Å². The van der Waals surface area contributed by atoms with E-state index in [2.05, 4.69) is 22.1 Å². The molecule has 3 aliphatic rings. The van der Waals surface area contributed by atoms with Crippen molar-refractivity contribution in [3.63, 3.8) is 0 Å². The van der Waals surface area contributed by atoms with Crippen molar-refractivity contribution in [2.24, 2.45) is 10.3 Å². The molecule has 1 aliphatic heterocycles. The van der Waals surface area contributed by atoms with Crippen LogP contribution in [0.5, 0.6) is 5.88 Å². The number of urea groups is 1. The van der Waals surface area contributed by atoms with Crippen LogP contribution in [0.4, 0.5) is 14.9 Å². The summed E-state index contributed by atoms with van der Waals surface area (Å²) in [4.78, 5) is 14.5. The molecule has 8 nitrogen and oxygen atoms in total. The molecule has 1 aromatic heterocycles. The molecule has 0 fully saturated rings. The average Bonchev–Trinajstić information content (AvgIpc) is 3.91. The maximum Gasteiger partial charge on any atom is 0.331 e. The number of carbonyl (C=O) groups is 1. The molecule has 2 amide bonds. The predicted molar refractivity (Wildman–Crippen MR) is 188 cm³/mol. The fourth-order valence-electron chi connectivity index (χ4n) is 7.71. The van der Waals surface area contributed by atoms with Crippen LogP contribution in [0, 0.1) is 11.7 Å². The van der Waals surface area contributed by atoms with Crippen molar-refractivity contribution in [2.45, 2.75) is 62.4 Å². The number of aromatic nitrogens is 2. The summed E-state index contributed by atoms with van der Waals surface area (Å²) in [5.41, 5.74) is 4.68. The minimum absolute atomic E-state index is 0.124. The van der Waals surface area contributed by atoms with Crippen LogP contribution in [0.2, 0.25) is 0 Å². The number of anilines is 1. The smallest absolute Gasteiger partial charge is 0.331 e. The summed E-state index contributed by atoms with van der Waals surface area (Å²) < 4.78 is 47.5. The van der Waals surface area contributed by atoms with E-state index in [1.165, 1.54) is 6.20 Å². The number of nitrogens with zero attached hydrogens (tertiary/aromatic N) is 3. The molecular weight excluding hydrogens is 638 g/mol. The van der Waals surface area contributed by atoms with Crippen molar-refractivity contribution < 1.29 is 18.1 Å². The number of halogens is 1. The Labute approximate surface area is 286 Å². The van der Waals surface area contributed by atoms with Gasteiger partial charge in [-0.2, -0.15) is 9.46 Å². The molecule has 2 atom stereocenters. The van der Waals surface area contributed by atoms with Gasteiger partial charge in [0.25, 0.3) is 0 Å². The second-order valence-electron chi connectivity index (χ2n) is 13.2. The third kappa shape index (κ3) is 5.38. The van der Waals surface area contributed by atoms with E-state index in [0.29, 0.717) is 61.5 Å². The Morgan fingerprint density at radius 1 is 0.857 bits per heavy atom. The Morgan fingerprint density at radius 3 is 1.90 bits per heavy atom. The molecule has 4 aromatic carbocycles. The van der Waals surface area contributed by atoms with E-state index in [4.69, 9.17) is 9.10 Å². The predicted octanol–water partition coefficient (Wildman–Crippen LogP) is 7.58. The van der Waals surface area contributed by atoms with E-state index in [0.717, 1.165) is 40.7 Å². The van der Waals surface area contributed by atoms with Gasteiger partial charge in [0.2, 0.25) is 5.88 Å². The second kappa shape index (κ2) is 12.5. The molecule has 2 N–H and O–H groups in total. The number of hydrogen-bond acceptors (Lipinski definition) is 5. The lowest BCUT2D eigenvalue weighted by Gasteiger charge is -2.33. The number of benzene rings is 4. The fraction of sp³-hybridized carbons (Fsp3) is 0.282. The van der Waals surface area contributed by atoms with Crippen molar-refractivity contribution in [3.8, 4) is 5.88 Å². The Balaban J connectivity index is 1.34. The fourth-order valence-corrected chi connectivity index (χ4v) is 9.56. The van der Waals surface area contributed by atoms with Crippen LogP contribution in [0.3, 0.4) is 0 Å². The summed E-state index contributed by atoms with van der Waals surface area (Å²) in [6.45, 7) is 3.05. The zero-order chi connectivity index (χ0) is 33.6.